The zero-order valence-electron chi connectivity index (χ0n) is 19.3. The molecule has 3 aromatic carbocycles. The van der Waals surface area contributed by atoms with Crippen molar-refractivity contribution in [3.63, 3.8) is 0 Å². The highest BCUT2D eigenvalue weighted by Gasteiger charge is 2.52. The van der Waals surface area contributed by atoms with Crippen LogP contribution in [0.3, 0.4) is 0 Å². The van der Waals surface area contributed by atoms with E-state index in [4.69, 9.17) is 0 Å². The van der Waals surface area contributed by atoms with Gasteiger partial charge in [0.1, 0.15) is 17.1 Å². The van der Waals surface area contributed by atoms with Crippen LogP contribution in [0.15, 0.2) is 91.1 Å². The van der Waals surface area contributed by atoms with E-state index in [2.05, 4.69) is 15.8 Å². The molecule has 5 rings (SSSR count). The summed E-state index contributed by atoms with van der Waals surface area (Å²) in [6.07, 6.45) is 1.80. The zero-order chi connectivity index (χ0) is 25.3. The van der Waals surface area contributed by atoms with Crippen molar-refractivity contribution in [1.82, 2.24) is 25.5 Å². The molecule has 0 bridgehead atoms. The molecule has 0 radical (unpaired) electrons. The summed E-state index contributed by atoms with van der Waals surface area (Å²) in [6.45, 7) is 1.78. The van der Waals surface area contributed by atoms with E-state index in [0.29, 0.717) is 28.2 Å². The van der Waals surface area contributed by atoms with E-state index in [1.807, 2.05) is 36.4 Å². The SMILES string of the molecule is CC[C@@]1(c2ccccc2)NC(=O)N(NC(=O)c2cn(-c3ccccc3)nc2-c2ccc(F)cc2)C1=O. The monoisotopic (exact) mass is 483 g/mol. The number of urea groups is 1. The number of nitrogens with one attached hydrogen (secondary N) is 2. The number of nitrogens with zero attached hydrogens (tertiary/aromatic N) is 3. The molecule has 36 heavy (non-hydrogen) atoms. The van der Waals surface area contributed by atoms with E-state index in [0.717, 1.165) is 0 Å². The second-order valence-electron chi connectivity index (χ2n) is 8.31. The molecule has 0 spiro atoms. The lowest BCUT2D eigenvalue weighted by atomic mass is 9.87. The van der Waals surface area contributed by atoms with Crippen molar-refractivity contribution in [2.24, 2.45) is 0 Å². The second kappa shape index (κ2) is 9.10. The maximum absolute atomic E-state index is 13.5. The average Bonchev–Trinajstić information content (AvgIpc) is 3.46. The first-order chi connectivity index (χ1) is 17.4. The Morgan fingerprint density at radius 3 is 2.25 bits per heavy atom. The number of rotatable bonds is 6. The summed E-state index contributed by atoms with van der Waals surface area (Å²) in [5, 5.41) is 7.97. The van der Waals surface area contributed by atoms with Gasteiger partial charge in [-0.15, -0.1) is 0 Å². The first kappa shape index (κ1) is 23.0. The molecular formula is C27H22FN5O3. The van der Waals surface area contributed by atoms with Crippen LogP contribution in [0.4, 0.5) is 9.18 Å². The van der Waals surface area contributed by atoms with Crippen LogP contribution in [0, 0.1) is 5.82 Å². The molecule has 1 saturated heterocycles. The number of para-hydroxylation sites is 1. The molecule has 0 saturated carbocycles. The largest absolute Gasteiger partial charge is 0.344 e. The van der Waals surface area contributed by atoms with Crippen molar-refractivity contribution in [2.75, 3.05) is 0 Å². The van der Waals surface area contributed by atoms with Crippen LogP contribution in [0.5, 0.6) is 0 Å². The summed E-state index contributed by atoms with van der Waals surface area (Å²) in [7, 11) is 0. The number of aromatic nitrogens is 2. The lowest BCUT2D eigenvalue weighted by Crippen LogP contribution is -2.48. The van der Waals surface area contributed by atoms with Crippen LogP contribution in [0.2, 0.25) is 0 Å². The van der Waals surface area contributed by atoms with Gasteiger partial charge >= 0.3 is 6.03 Å². The molecule has 4 aromatic rings. The third kappa shape index (κ3) is 3.90. The molecular weight excluding hydrogens is 461 g/mol. The van der Waals surface area contributed by atoms with Crippen molar-refractivity contribution >= 4 is 17.8 Å². The third-order valence-electron chi connectivity index (χ3n) is 6.20. The van der Waals surface area contributed by atoms with Crippen LogP contribution in [-0.2, 0) is 10.3 Å². The Bertz CT molecular complexity index is 1440. The number of hydrazine groups is 1. The van der Waals surface area contributed by atoms with Crippen LogP contribution in [0.25, 0.3) is 16.9 Å². The molecule has 4 amide bonds. The van der Waals surface area contributed by atoms with Crippen molar-refractivity contribution < 1.29 is 18.8 Å². The summed E-state index contributed by atoms with van der Waals surface area (Å²) in [5.74, 6) is -1.73. The van der Waals surface area contributed by atoms with Gasteiger partial charge in [-0.3, -0.25) is 15.0 Å². The number of benzene rings is 3. The standard InChI is InChI=1S/C27H22FN5O3/c1-2-27(19-9-5-3-6-10-19)25(35)33(26(36)29-27)31-24(34)22-17-32(21-11-7-4-8-12-21)30-23(22)18-13-15-20(28)16-14-18/h3-17H,2H2,1H3,(H,29,36)(H,31,34)/t27-/m0/s1. The van der Waals surface area contributed by atoms with Crippen molar-refractivity contribution in [2.45, 2.75) is 18.9 Å². The van der Waals surface area contributed by atoms with Crippen molar-refractivity contribution in [3.05, 3.63) is 108 Å². The predicted octanol–water partition coefficient (Wildman–Crippen LogP) is 4.18. The van der Waals surface area contributed by atoms with Gasteiger partial charge < -0.3 is 5.32 Å². The van der Waals surface area contributed by atoms with Crippen molar-refractivity contribution in [1.29, 1.82) is 0 Å². The molecule has 2 N–H and O–H groups in total. The molecule has 9 heteroatoms. The number of imide groups is 1. The summed E-state index contributed by atoms with van der Waals surface area (Å²) < 4.78 is 15.1. The highest BCUT2D eigenvalue weighted by Crippen LogP contribution is 2.32. The molecule has 1 aliphatic rings. The molecule has 2 heterocycles. The topological polar surface area (TPSA) is 96.3 Å². The second-order valence-corrected chi connectivity index (χ2v) is 8.31. The Morgan fingerprint density at radius 2 is 1.61 bits per heavy atom. The molecule has 0 aliphatic carbocycles. The van der Waals surface area contributed by atoms with Crippen LogP contribution >= 0.6 is 0 Å². The van der Waals surface area contributed by atoms with E-state index >= 15 is 0 Å². The Hall–Kier alpha value is -4.79. The van der Waals surface area contributed by atoms with Crippen molar-refractivity contribution in [3.8, 4) is 16.9 Å². The lowest BCUT2D eigenvalue weighted by Gasteiger charge is -2.25. The smallest absolute Gasteiger partial charge is 0.318 e. The van der Waals surface area contributed by atoms with E-state index < -0.39 is 29.2 Å². The molecule has 8 nitrogen and oxygen atoms in total. The molecule has 1 atom stereocenters. The van der Waals surface area contributed by atoms with Gasteiger partial charge in [-0.25, -0.2) is 13.9 Å². The van der Waals surface area contributed by atoms with Gasteiger partial charge in [-0.1, -0.05) is 55.5 Å². The predicted molar refractivity (Wildman–Crippen MR) is 130 cm³/mol. The summed E-state index contributed by atoms with van der Waals surface area (Å²) in [5.41, 5.74) is 3.35. The minimum atomic E-state index is -1.29. The Kier molecular flexibility index (Phi) is 5.81. The maximum Gasteiger partial charge on any atom is 0.344 e. The van der Waals surface area contributed by atoms with Gasteiger partial charge in [-0.2, -0.15) is 10.1 Å². The fraction of sp³-hybridized carbons (Fsp3) is 0.111. The van der Waals surface area contributed by atoms with Crippen LogP contribution < -0.4 is 10.7 Å². The molecule has 1 aliphatic heterocycles. The Morgan fingerprint density at radius 1 is 0.972 bits per heavy atom. The number of hydrogen-bond donors (Lipinski definition) is 2. The van der Waals surface area contributed by atoms with Gasteiger partial charge in [0.05, 0.1) is 11.3 Å². The van der Waals surface area contributed by atoms with Crippen LogP contribution in [0.1, 0.15) is 29.3 Å². The fourth-order valence-electron chi connectivity index (χ4n) is 4.27. The molecule has 1 aromatic heterocycles. The zero-order valence-corrected chi connectivity index (χ0v) is 19.3. The molecule has 180 valence electrons. The number of carbonyl (C=O) groups is 3. The molecule has 0 unspecified atom stereocenters. The van der Waals surface area contributed by atoms with Gasteiger partial charge in [0, 0.05) is 11.8 Å². The van der Waals surface area contributed by atoms with E-state index in [1.165, 1.54) is 35.1 Å². The van der Waals surface area contributed by atoms with Gasteiger partial charge in [-0.05, 0) is 48.4 Å². The number of amides is 4. The first-order valence-electron chi connectivity index (χ1n) is 11.4. The van der Waals surface area contributed by atoms with E-state index in [-0.39, 0.29) is 11.3 Å². The first-order valence-corrected chi connectivity index (χ1v) is 11.4. The highest BCUT2D eigenvalue weighted by molar-refractivity contribution is 6.10. The summed E-state index contributed by atoms with van der Waals surface area (Å²) >= 11 is 0. The lowest BCUT2D eigenvalue weighted by molar-refractivity contribution is -0.133. The normalized spacial score (nSPS) is 17.2. The number of halogens is 1. The summed E-state index contributed by atoms with van der Waals surface area (Å²) in [6, 6.07) is 22.8. The summed E-state index contributed by atoms with van der Waals surface area (Å²) in [4.78, 5) is 39.7. The third-order valence-corrected chi connectivity index (χ3v) is 6.20. The van der Waals surface area contributed by atoms with Gasteiger partial charge in [0.2, 0.25) is 0 Å². The fourth-order valence-corrected chi connectivity index (χ4v) is 4.27. The van der Waals surface area contributed by atoms with E-state index in [9.17, 15) is 18.8 Å². The Balaban J connectivity index is 1.50. The molecule has 1 fully saturated rings. The van der Waals surface area contributed by atoms with Gasteiger partial charge in [0.25, 0.3) is 11.8 Å². The average molecular weight is 484 g/mol. The number of hydrogen-bond acceptors (Lipinski definition) is 4. The minimum absolute atomic E-state index is 0.111. The van der Waals surface area contributed by atoms with Crippen LogP contribution in [-0.4, -0.2) is 32.6 Å². The van der Waals surface area contributed by atoms with E-state index in [1.54, 1.807) is 31.2 Å². The Labute approximate surface area is 206 Å². The maximum atomic E-state index is 13.5. The van der Waals surface area contributed by atoms with Gasteiger partial charge in [0.15, 0.2) is 0 Å². The number of carbonyl (C=O) groups excluding carboxylic acids is 3. The quantitative estimate of drug-likeness (QED) is 0.402. The minimum Gasteiger partial charge on any atom is -0.318 e. The highest BCUT2D eigenvalue weighted by atomic mass is 19.1.